The number of nitrogens with zero attached hydrogens (tertiary/aromatic N) is 4. The van der Waals surface area contributed by atoms with Crippen molar-refractivity contribution in [1.82, 2.24) is 24.9 Å². The Bertz CT molecular complexity index is 1000. The average Bonchev–Trinajstić information content (AvgIpc) is 3.23. The summed E-state index contributed by atoms with van der Waals surface area (Å²) in [4.78, 5) is 26.8. The van der Waals surface area contributed by atoms with E-state index in [0.29, 0.717) is 6.54 Å². The number of carbonyl (C=O) groups excluding carboxylic acids is 1. The first-order chi connectivity index (χ1) is 13.7. The summed E-state index contributed by atoms with van der Waals surface area (Å²) in [5.74, 6) is -0.435. The van der Waals surface area contributed by atoms with Gasteiger partial charge in [0.15, 0.2) is 5.69 Å². The Morgan fingerprint density at radius 3 is 2.71 bits per heavy atom. The molecular formula is C20H22N6O2. The summed E-state index contributed by atoms with van der Waals surface area (Å²) in [6.45, 7) is 2.27. The van der Waals surface area contributed by atoms with Gasteiger partial charge in [-0.05, 0) is 43.6 Å². The minimum absolute atomic E-state index is 0.197. The van der Waals surface area contributed by atoms with E-state index in [1.165, 1.54) is 6.20 Å². The van der Waals surface area contributed by atoms with Crippen molar-refractivity contribution >= 4 is 11.6 Å². The summed E-state index contributed by atoms with van der Waals surface area (Å²) in [6, 6.07) is 13.2. The highest BCUT2D eigenvalue weighted by Crippen LogP contribution is 2.16. The third-order valence-electron chi connectivity index (χ3n) is 4.84. The van der Waals surface area contributed by atoms with Crippen molar-refractivity contribution < 1.29 is 4.79 Å². The van der Waals surface area contributed by atoms with Crippen LogP contribution >= 0.6 is 0 Å². The molecule has 0 spiro atoms. The number of aromatic nitrogens is 4. The fourth-order valence-corrected chi connectivity index (χ4v) is 3.32. The lowest BCUT2D eigenvalue weighted by Gasteiger charge is -2.21. The van der Waals surface area contributed by atoms with Crippen molar-refractivity contribution in [2.45, 2.75) is 25.4 Å². The second-order valence-corrected chi connectivity index (χ2v) is 6.83. The first-order valence-electron chi connectivity index (χ1n) is 9.38. The number of nitrogens with one attached hydrogen (secondary N) is 2. The molecule has 0 atom stereocenters. The van der Waals surface area contributed by atoms with E-state index in [9.17, 15) is 9.59 Å². The molecule has 1 aliphatic rings. The molecule has 1 saturated heterocycles. The Hall–Kier alpha value is -3.26. The molecule has 2 aromatic heterocycles. The number of anilines is 1. The maximum atomic E-state index is 12.7. The van der Waals surface area contributed by atoms with Crippen LogP contribution in [0.1, 0.15) is 34.9 Å². The lowest BCUT2D eigenvalue weighted by atomic mass is 10.1. The van der Waals surface area contributed by atoms with Crippen LogP contribution in [-0.2, 0) is 6.54 Å². The van der Waals surface area contributed by atoms with E-state index < -0.39 is 5.91 Å². The Kier molecular flexibility index (Phi) is 5.29. The number of pyridine rings is 1. The van der Waals surface area contributed by atoms with Crippen molar-refractivity contribution in [3.63, 3.8) is 0 Å². The first kappa shape index (κ1) is 18.1. The van der Waals surface area contributed by atoms with Gasteiger partial charge in [-0.3, -0.25) is 9.59 Å². The van der Waals surface area contributed by atoms with Crippen LogP contribution in [0.2, 0.25) is 0 Å². The van der Waals surface area contributed by atoms with E-state index in [1.807, 2.05) is 30.3 Å². The lowest BCUT2D eigenvalue weighted by molar-refractivity contribution is 0.102. The first-order valence-corrected chi connectivity index (χ1v) is 9.38. The highest BCUT2D eigenvalue weighted by atomic mass is 16.2. The van der Waals surface area contributed by atoms with Crippen LogP contribution in [0.4, 0.5) is 5.69 Å². The van der Waals surface area contributed by atoms with E-state index in [-0.39, 0.29) is 23.0 Å². The molecular weight excluding hydrogens is 356 g/mol. The second kappa shape index (κ2) is 8.18. The standard InChI is InChI=1S/C20H22N6O2/c27-19(18-13-22-26(24-18)16-8-10-21-11-9-16)23-17-7-4-12-25(20(17)28)14-15-5-2-1-3-6-15/h1-7,12-13,16,21H,8-11,14H2,(H,23,27). The van der Waals surface area contributed by atoms with Gasteiger partial charge in [0.1, 0.15) is 5.69 Å². The van der Waals surface area contributed by atoms with Crippen molar-refractivity contribution in [1.29, 1.82) is 0 Å². The molecule has 8 heteroatoms. The molecule has 0 radical (unpaired) electrons. The van der Waals surface area contributed by atoms with Crippen LogP contribution in [0.15, 0.2) is 59.7 Å². The van der Waals surface area contributed by atoms with E-state index in [1.54, 1.807) is 27.7 Å². The van der Waals surface area contributed by atoms with Crippen molar-refractivity contribution in [2.75, 3.05) is 18.4 Å². The number of benzene rings is 1. The molecule has 3 aromatic rings. The van der Waals surface area contributed by atoms with Crippen molar-refractivity contribution in [2.24, 2.45) is 0 Å². The van der Waals surface area contributed by atoms with Crippen molar-refractivity contribution in [3.05, 3.63) is 76.5 Å². The number of rotatable bonds is 5. The molecule has 3 heterocycles. The minimum Gasteiger partial charge on any atom is -0.317 e. The van der Waals surface area contributed by atoms with Gasteiger partial charge in [0.25, 0.3) is 11.5 Å². The van der Waals surface area contributed by atoms with Crippen LogP contribution in [0.25, 0.3) is 0 Å². The highest BCUT2D eigenvalue weighted by molar-refractivity contribution is 6.02. The number of hydrogen-bond donors (Lipinski definition) is 2. The smallest absolute Gasteiger partial charge is 0.277 e. The third kappa shape index (κ3) is 4.01. The van der Waals surface area contributed by atoms with Crippen molar-refractivity contribution in [3.8, 4) is 0 Å². The third-order valence-corrected chi connectivity index (χ3v) is 4.84. The fourth-order valence-electron chi connectivity index (χ4n) is 3.32. The van der Waals surface area contributed by atoms with Gasteiger partial charge in [0.05, 0.1) is 18.8 Å². The fraction of sp³-hybridized carbons (Fsp3) is 0.300. The summed E-state index contributed by atoms with van der Waals surface area (Å²) in [7, 11) is 0. The maximum absolute atomic E-state index is 12.7. The number of amides is 1. The van der Waals surface area contributed by atoms with Crippen LogP contribution in [0.5, 0.6) is 0 Å². The minimum atomic E-state index is -0.435. The second-order valence-electron chi connectivity index (χ2n) is 6.83. The van der Waals surface area contributed by atoms with E-state index in [4.69, 9.17) is 0 Å². The molecule has 144 valence electrons. The number of carbonyl (C=O) groups is 1. The summed E-state index contributed by atoms with van der Waals surface area (Å²) < 4.78 is 1.57. The van der Waals surface area contributed by atoms with Crippen LogP contribution in [0, 0.1) is 0 Å². The molecule has 1 aromatic carbocycles. The topological polar surface area (TPSA) is 93.8 Å². The van der Waals surface area contributed by atoms with E-state index >= 15 is 0 Å². The molecule has 0 saturated carbocycles. The molecule has 1 aliphatic heterocycles. The summed E-state index contributed by atoms with van der Waals surface area (Å²) >= 11 is 0. The zero-order valence-corrected chi connectivity index (χ0v) is 15.4. The molecule has 0 bridgehead atoms. The normalized spacial score (nSPS) is 14.7. The lowest BCUT2D eigenvalue weighted by Crippen LogP contribution is -2.30. The molecule has 8 nitrogen and oxygen atoms in total. The number of piperidine rings is 1. The van der Waals surface area contributed by atoms with Gasteiger partial charge in [0, 0.05) is 6.20 Å². The molecule has 0 aliphatic carbocycles. The molecule has 1 amide bonds. The number of hydrogen-bond acceptors (Lipinski definition) is 5. The summed E-state index contributed by atoms with van der Waals surface area (Å²) in [5.41, 5.74) is 1.18. The predicted octanol–water partition coefficient (Wildman–Crippen LogP) is 1.66. The SMILES string of the molecule is O=C(Nc1cccn(Cc2ccccc2)c1=O)c1cnn(C2CCNCC2)n1. The Morgan fingerprint density at radius 2 is 1.93 bits per heavy atom. The van der Waals surface area contributed by atoms with Gasteiger partial charge in [-0.25, -0.2) is 0 Å². The van der Waals surface area contributed by atoms with Gasteiger partial charge in [0.2, 0.25) is 0 Å². The van der Waals surface area contributed by atoms with E-state index in [2.05, 4.69) is 20.8 Å². The van der Waals surface area contributed by atoms with Crippen LogP contribution < -0.4 is 16.2 Å². The molecule has 2 N–H and O–H groups in total. The summed E-state index contributed by atoms with van der Waals surface area (Å²) in [5, 5.41) is 14.5. The van der Waals surface area contributed by atoms with E-state index in [0.717, 1.165) is 31.5 Å². The molecule has 0 unspecified atom stereocenters. The Morgan fingerprint density at radius 1 is 1.14 bits per heavy atom. The zero-order chi connectivity index (χ0) is 19.3. The maximum Gasteiger partial charge on any atom is 0.277 e. The average molecular weight is 378 g/mol. The molecule has 28 heavy (non-hydrogen) atoms. The Balaban J connectivity index is 1.48. The van der Waals surface area contributed by atoms with Gasteiger partial charge in [-0.15, -0.1) is 5.10 Å². The van der Waals surface area contributed by atoms with Gasteiger partial charge in [-0.2, -0.15) is 9.90 Å². The largest absolute Gasteiger partial charge is 0.317 e. The summed E-state index contributed by atoms with van der Waals surface area (Å²) in [6.07, 6.45) is 5.01. The predicted molar refractivity (Wildman–Crippen MR) is 105 cm³/mol. The molecule has 4 rings (SSSR count). The Labute approximate surface area is 162 Å². The van der Waals surface area contributed by atoms with Gasteiger partial charge >= 0.3 is 0 Å². The van der Waals surface area contributed by atoms with Crippen LogP contribution in [0.3, 0.4) is 0 Å². The monoisotopic (exact) mass is 378 g/mol. The quantitative estimate of drug-likeness (QED) is 0.704. The van der Waals surface area contributed by atoms with Crippen LogP contribution in [-0.4, -0.2) is 38.6 Å². The molecule has 1 fully saturated rings. The zero-order valence-electron chi connectivity index (χ0n) is 15.4. The van der Waals surface area contributed by atoms with Gasteiger partial charge < -0.3 is 15.2 Å². The highest BCUT2D eigenvalue weighted by Gasteiger charge is 2.19. The van der Waals surface area contributed by atoms with Gasteiger partial charge in [-0.1, -0.05) is 30.3 Å².